The van der Waals surface area contributed by atoms with Crippen LogP contribution in [-0.2, 0) is 6.42 Å². The minimum Gasteiger partial charge on any atom is -0.466 e. The van der Waals surface area contributed by atoms with Crippen molar-refractivity contribution in [2.45, 2.75) is 40.5 Å². The number of benzene rings is 1. The Balaban J connectivity index is 1.70. The third-order valence-electron chi connectivity index (χ3n) is 5.83. The summed E-state index contributed by atoms with van der Waals surface area (Å²) < 4.78 is 11.1. The average molecular weight is 401 g/mol. The van der Waals surface area contributed by atoms with Gasteiger partial charge in [0.2, 0.25) is 0 Å². The molecule has 0 aliphatic carbocycles. The molecule has 0 radical (unpaired) electrons. The topological polar surface area (TPSA) is 72.4 Å². The Morgan fingerprint density at radius 1 is 1.13 bits per heavy atom. The van der Waals surface area contributed by atoms with Crippen molar-refractivity contribution >= 4 is 22.7 Å². The van der Waals surface area contributed by atoms with E-state index >= 15 is 0 Å². The Bertz CT molecular complexity index is 1300. The van der Waals surface area contributed by atoms with Gasteiger partial charge in [0.25, 0.3) is 11.6 Å². The summed E-state index contributed by atoms with van der Waals surface area (Å²) in [5.74, 6) is 1.50. The van der Waals surface area contributed by atoms with E-state index in [0.717, 1.165) is 41.2 Å². The van der Waals surface area contributed by atoms with Gasteiger partial charge in [0.15, 0.2) is 0 Å². The standard InChI is InChI=1S/C24H23N3O3/c1-13-7-5-8-17-9-6-10-27(22(13)17)24(28)19-12-20(18-11-14(2)29-16(18)4)25-23-21(19)15(3)26-30-23/h5,7-8,11-12H,6,9-10H2,1-4H3. The predicted octanol–water partition coefficient (Wildman–Crippen LogP) is 5.31. The first kappa shape index (κ1) is 18.6. The lowest BCUT2D eigenvalue weighted by atomic mass is 9.96. The number of hydrogen-bond donors (Lipinski definition) is 0. The Morgan fingerprint density at radius 3 is 2.73 bits per heavy atom. The molecule has 1 aliphatic rings. The van der Waals surface area contributed by atoms with Gasteiger partial charge in [-0.25, -0.2) is 4.98 Å². The summed E-state index contributed by atoms with van der Waals surface area (Å²) in [7, 11) is 0. The van der Waals surface area contributed by atoms with Crippen molar-refractivity contribution in [1.82, 2.24) is 10.1 Å². The summed E-state index contributed by atoms with van der Waals surface area (Å²) in [5.41, 5.74) is 6.43. The largest absolute Gasteiger partial charge is 0.466 e. The number of carbonyl (C=O) groups excluding carboxylic acids is 1. The first-order chi connectivity index (χ1) is 14.4. The molecule has 0 bridgehead atoms. The number of hydrogen-bond acceptors (Lipinski definition) is 5. The van der Waals surface area contributed by atoms with Crippen molar-refractivity contribution in [3.05, 3.63) is 64.2 Å². The molecule has 6 nitrogen and oxygen atoms in total. The lowest BCUT2D eigenvalue weighted by Crippen LogP contribution is -2.36. The summed E-state index contributed by atoms with van der Waals surface area (Å²) in [4.78, 5) is 20.4. The summed E-state index contributed by atoms with van der Waals surface area (Å²) in [6.07, 6.45) is 1.92. The molecular weight excluding hydrogens is 378 g/mol. The fourth-order valence-electron chi connectivity index (χ4n) is 4.48. The Morgan fingerprint density at radius 2 is 1.97 bits per heavy atom. The molecule has 30 heavy (non-hydrogen) atoms. The smallest absolute Gasteiger partial charge is 0.259 e. The Kier molecular flexibility index (Phi) is 4.24. The van der Waals surface area contributed by atoms with Gasteiger partial charge in [0.05, 0.1) is 28.0 Å². The SMILES string of the molecule is Cc1cc(-c2cc(C(=O)N3CCCc4cccc(C)c43)c3c(C)noc3n2)c(C)o1. The van der Waals surface area contributed by atoms with E-state index in [1.807, 2.05) is 37.8 Å². The maximum atomic E-state index is 13.9. The third kappa shape index (κ3) is 2.83. The molecule has 1 aliphatic heterocycles. The number of aryl methyl sites for hydroxylation is 5. The highest BCUT2D eigenvalue weighted by molar-refractivity contribution is 6.14. The van der Waals surface area contributed by atoms with Crippen LogP contribution in [0.25, 0.3) is 22.4 Å². The number of anilines is 1. The molecule has 0 fully saturated rings. The van der Waals surface area contributed by atoms with Gasteiger partial charge in [-0.3, -0.25) is 4.79 Å². The van der Waals surface area contributed by atoms with Crippen LogP contribution in [0.3, 0.4) is 0 Å². The number of para-hydroxylation sites is 1. The van der Waals surface area contributed by atoms with Crippen LogP contribution in [-0.4, -0.2) is 22.6 Å². The number of fused-ring (bicyclic) bond motifs is 2. The number of pyridine rings is 1. The lowest BCUT2D eigenvalue weighted by Gasteiger charge is -2.31. The average Bonchev–Trinajstić information content (AvgIpc) is 3.28. The summed E-state index contributed by atoms with van der Waals surface area (Å²) in [6.45, 7) is 8.37. The van der Waals surface area contributed by atoms with Crippen LogP contribution in [0.1, 0.15) is 45.1 Å². The van der Waals surface area contributed by atoms with E-state index in [1.165, 1.54) is 5.56 Å². The van der Waals surface area contributed by atoms with Gasteiger partial charge in [-0.1, -0.05) is 23.4 Å². The second-order valence-corrected chi connectivity index (χ2v) is 7.97. The van der Waals surface area contributed by atoms with Crippen molar-refractivity contribution in [3.8, 4) is 11.3 Å². The number of rotatable bonds is 2. The summed E-state index contributed by atoms with van der Waals surface area (Å²) in [6, 6.07) is 10.00. The maximum absolute atomic E-state index is 13.9. The molecule has 1 amide bonds. The first-order valence-electron chi connectivity index (χ1n) is 10.2. The number of furan rings is 1. The molecule has 0 spiro atoms. The number of amides is 1. The van der Waals surface area contributed by atoms with Crippen LogP contribution in [0, 0.1) is 27.7 Å². The second-order valence-electron chi connectivity index (χ2n) is 7.97. The zero-order valence-corrected chi connectivity index (χ0v) is 17.6. The lowest BCUT2D eigenvalue weighted by molar-refractivity contribution is 0.0986. The highest BCUT2D eigenvalue weighted by Crippen LogP contribution is 2.35. The quantitative estimate of drug-likeness (QED) is 0.455. The Hall–Kier alpha value is -3.41. The highest BCUT2D eigenvalue weighted by Gasteiger charge is 2.29. The molecule has 4 aromatic rings. The van der Waals surface area contributed by atoms with Crippen molar-refractivity contribution in [3.63, 3.8) is 0 Å². The van der Waals surface area contributed by atoms with Gasteiger partial charge >= 0.3 is 0 Å². The minimum atomic E-state index is -0.0527. The van der Waals surface area contributed by atoms with Gasteiger partial charge in [0.1, 0.15) is 11.5 Å². The van der Waals surface area contributed by atoms with Crippen molar-refractivity contribution in [2.24, 2.45) is 0 Å². The molecule has 1 aromatic carbocycles. The maximum Gasteiger partial charge on any atom is 0.259 e. The molecule has 0 unspecified atom stereocenters. The molecular formula is C24H23N3O3. The summed E-state index contributed by atoms with van der Waals surface area (Å²) in [5, 5.41) is 4.75. The van der Waals surface area contributed by atoms with Gasteiger partial charge in [-0.05, 0) is 63.8 Å². The van der Waals surface area contributed by atoms with E-state index in [1.54, 1.807) is 0 Å². The fraction of sp³-hybridized carbons (Fsp3) is 0.292. The molecule has 3 aromatic heterocycles. The van der Waals surface area contributed by atoms with Crippen LogP contribution in [0.2, 0.25) is 0 Å². The zero-order valence-electron chi connectivity index (χ0n) is 17.6. The third-order valence-corrected chi connectivity index (χ3v) is 5.83. The first-order valence-corrected chi connectivity index (χ1v) is 10.2. The van der Waals surface area contributed by atoms with Crippen molar-refractivity contribution < 1.29 is 13.7 Å². The second kappa shape index (κ2) is 6.83. The molecule has 0 saturated heterocycles. The van der Waals surface area contributed by atoms with Crippen LogP contribution >= 0.6 is 0 Å². The molecule has 0 atom stereocenters. The molecule has 0 N–H and O–H groups in total. The predicted molar refractivity (Wildman–Crippen MR) is 115 cm³/mol. The normalized spacial score (nSPS) is 13.7. The van der Waals surface area contributed by atoms with E-state index in [-0.39, 0.29) is 5.91 Å². The van der Waals surface area contributed by atoms with Crippen molar-refractivity contribution in [2.75, 3.05) is 11.4 Å². The van der Waals surface area contributed by atoms with Crippen LogP contribution in [0.5, 0.6) is 0 Å². The highest BCUT2D eigenvalue weighted by atomic mass is 16.5. The number of carbonyl (C=O) groups is 1. The summed E-state index contributed by atoms with van der Waals surface area (Å²) >= 11 is 0. The van der Waals surface area contributed by atoms with E-state index in [0.29, 0.717) is 34.6 Å². The van der Waals surface area contributed by atoms with Crippen LogP contribution in [0.4, 0.5) is 5.69 Å². The molecule has 0 saturated carbocycles. The molecule has 6 heteroatoms. The van der Waals surface area contributed by atoms with Gasteiger partial charge < -0.3 is 13.8 Å². The van der Waals surface area contributed by atoms with Crippen LogP contribution in [0.15, 0.2) is 39.3 Å². The van der Waals surface area contributed by atoms with E-state index in [4.69, 9.17) is 8.94 Å². The molecule has 4 heterocycles. The van der Waals surface area contributed by atoms with Crippen LogP contribution < -0.4 is 4.90 Å². The number of nitrogens with zero attached hydrogens (tertiary/aromatic N) is 3. The zero-order chi connectivity index (χ0) is 21.0. The monoisotopic (exact) mass is 401 g/mol. The van der Waals surface area contributed by atoms with Gasteiger partial charge in [-0.15, -0.1) is 0 Å². The van der Waals surface area contributed by atoms with Gasteiger partial charge in [-0.2, -0.15) is 0 Å². The van der Waals surface area contributed by atoms with Crippen molar-refractivity contribution in [1.29, 1.82) is 0 Å². The van der Waals surface area contributed by atoms with Gasteiger partial charge in [0, 0.05) is 12.1 Å². The Labute approximate surface area is 174 Å². The number of aromatic nitrogens is 2. The minimum absolute atomic E-state index is 0.0527. The van der Waals surface area contributed by atoms with E-state index < -0.39 is 0 Å². The van der Waals surface area contributed by atoms with E-state index in [9.17, 15) is 4.79 Å². The van der Waals surface area contributed by atoms with E-state index in [2.05, 4.69) is 35.3 Å². The molecule has 5 rings (SSSR count). The molecule has 152 valence electrons. The fourth-order valence-corrected chi connectivity index (χ4v) is 4.48.